The molecule has 2 aromatic rings. The van der Waals surface area contributed by atoms with Crippen molar-refractivity contribution in [1.82, 2.24) is 4.90 Å². The molecule has 0 atom stereocenters. The molecule has 0 unspecified atom stereocenters. The molecule has 0 aliphatic rings. The van der Waals surface area contributed by atoms with Crippen LogP contribution in [0.25, 0.3) is 0 Å². The van der Waals surface area contributed by atoms with Crippen LogP contribution in [0.2, 0.25) is 0 Å². The maximum Gasteiger partial charge on any atom is 0.338 e. The summed E-state index contributed by atoms with van der Waals surface area (Å²) in [5.41, 5.74) is 2.02. The van der Waals surface area contributed by atoms with Crippen LogP contribution in [0.5, 0.6) is 11.5 Å². The Kier molecular flexibility index (Phi) is 7.83. The van der Waals surface area contributed by atoms with Crippen molar-refractivity contribution in [1.29, 1.82) is 0 Å². The van der Waals surface area contributed by atoms with E-state index in [2.05, 4.69) is 5.32 Å². The minimum atomic E-state index is -0.381. The van der Waals surface area contributed by atoms with Gasteiger partial charge in [-0.1, -0.05) is 6.07 Å². The van der Waals surface area contributed by atoms with E-state index in [4.69, 9.17) is 14.2 Å². The quantitative estimate of drug-likeness (QED) is 0.668. The first-order valence-electron chi connectivity index (χ1n) is 8.93. The lowest BCUT2D eigenvalue weighted by Crippen LogP contribution is -2.30. The van der Waals surface area contributed by atoms with Crippen LogP contribution < -0.4 is 14.8 Å². The van der Waals surface area contributed by atoms with Crippen LogP contribution in [0, 0.1) is 0 Å². The van der Waals surface area contributed by atoms with Crippen LogP contribution in [0.3, 0.4) is 0 Å². The van der Waals surface area contributed by atoms with E-state index in [1.807, 2.05) is 30.1 Å². The molecule has 150 valence electrons. The van der Waals surface area contributed by atoms with E-state index in [1.165, 1.54) is 0 Å². The Morgan fingerprint density at radius 1 is 1.04 bits per heavy atom. The minimum absolute atomic E-state index is 0.154. The zero-order chi connectivity index (χ0) is 20.5. The number of nitrogens with zero attached hydrogens (tertiary/aromatic N) is 1. The number of carbonyl (C=O) groups is 2. The average molecular weight is 386 g/mol. The van der Waals surface area contributed by atoms with Crippen molar-refractivity contribution in [3.05, 3.63) is 53.6 Å². The van der Waals surface area contributed by atoms with Gasteiger partial charge in [-0.15, -0.1) is 0 Å². The van der Waals surface area contributed by atoms with Gasteiger partial charge in [0.05, 0.1) is 32.9 Å². The lowest BCUT2D eigenvalue weighted by molar-refractivity contribution is -0.117. The zero-order valence-electron chi connectivity index (χ0n) is 16.7. The van der Waals surface area contributed by atoms with Gasteiger partial charge in [0.2, 0.25) is 5.91 Å². The third-order valence-electron chi connectivity index (χ3n) is 4.03. The van der Waals surface area contributed by atoms with E-state index < -0.39 is 0 Å². The fourth-order valence-corrected chi connectivity index (χ4v) is 2.68. The number of esters is 1. The lowest BCUT2D eigenvalue weighted by Gasteiger charge is -2.18. The normalized spacial score (nSPS) is 10.5. The number of amides is 1. The van der Waals surface area contributed by atoms with Crippen LogP contribution in [-0.4, -0.2) is 51.2 Å². The minimum Gasteiger partial charge on any atom is -0.497 e. The fourth-order valence-electron chi connectivity index (χ4n) is 2.68. The second kappa shape index (κ2) is 10.3. The molecule has 7 nitrogen and oxygen atoms in total. The Morgan fingerprint density at radius 2 is 1.75 bits per heavy atom. The summed E-state index contributed by atoms with van der Waals surface area (Å²) in [4.78, 5) is 25.8. The molecule has 0 saturated heterocycles. The highest BCUT2D eigenvalue weighted by Crippen LogP contribution is 2.25. The van der Waals surface area contributed by atoms with Crippen molar-refractivity contribution in [3.8, 4) is 11.5 Å². The lowest BCUT2D eigenvalue weighted by atomic mass is 10.1. The van der Waals surface area contributed by atoms with E-state index in [9.17, 15) is 9.59 Å². The third kappa shape index (κ3) is 5.99. The van der Waals surface area contributed by atoms with Gasteiger partial charge in [-0.25, -0.2) is 4.79 Å². The number of nitrogens with one attached hydrogen (secondary N) is 1. The van der Waals surface area contributed by atoms with Gasteiger partial charge in [0.1, 0.15) is 11.5 Å². The summed E-state index contributed by atoms with van der Waals surface area (Å²) in [5.74, 6) is 0.890. The van der Waals surface area contributed by atoms with Gasteiger partial charge >= 0.3 is 5.97 Å². The molecule has 1 N–H and O–H groups in total. The Balaban J connectivity index is 1.91. The van der Waals surface area contributed by atoms with Gasteiger partial charge in [-0.05, 0) is 44.3 Å². The molecule has 2 rings (SSSR count). The molecule has 0 radical (unpaired) electrons. The molecule has 1 amide bonds. The first kappa shape index (κ1) is 21.2. The number of likely N-dealkylation sites (N-methyl/N-ethyl adjacent to an activating group) is 1. The molecule has 0 bridgehead atoms. The van der Waals surface area contributed by atoms with Gasteiger partial charge in [0.15, 0.2) is 0 Å². The molecule has 0 spiro atoms. The van der Waals surface area contributed by atoms with Crippen molar-refractivity contribution in [2.75, 3.05) is 39.7 Å². The molecule has 0 fully saturated rings. The molecule has 28 heavy (non-hydrogen) atoms. The van der Waals surface area contributed by atoms with Crippen molar-refractivity contribution in [3.63, 3.8) is 0 Å². The van der Waals surface area contributed by atoms with Gasteiger partial charge < -0.3 is 19.5 Å². The van der Waals surface area contributed by atoms with Gasteiger partial charge in [-0.3, -0.25) is 9.69 Å². The van der Waals surface area contributed by atoms with Crippen molar-refractivity contribution in [2.24, 2.45) is 0 Å². The summed E-state index contributed by atoms with van der Waals surface area (Å²) < 4.78 is 15.5. The maximum atomic E-state index is 12.3. The first-order chi connectivity index (χ1) is 13.5. The van der Waals surface area contributed by atoms with E-state index in [-0.39, 0.29) is 18.4 Å². The monoisotopic (exact) mass is 386 g/mol. The van der Waals surface area contributed by atoms with Crippen LogP contribution in [0.1, 0.15) is 22.8 Å². The maximum absolute atomic E-state index is 12.3. The number of hydrogen-bond acceptors (Lipinski definition) is 6. The van der Waals surface area contributed by atoms with Crippen molar-refractivity contribution in [2.45, 2.75) is 13.5 Å². The second-order valence-corrected chi connectivity index (χ2v) is 6.20. The summed E-state index contributed by atoms with van der Waals surface area (Å²) in [6.07, 6.45) is 0. The average Bonchev–Trinajstić information content (AvgIpc) is 2.68. The van der Waals surface area contributed by atoms with Crippen LogP contribution >= 0.6 is 0 Å². The number of anilines is 1. The summed E-state index contributed by atoms with van der Waals surface area (Å²) in [6.45, 7) is 2.82. The van der Waals surface area contributed by atoms with E-state index in [0.717, 1.165) is 5.56 Å². The van der Waals surface area contributed by atoms with Crippen molar-refractivity contribution < 1.29 is 23.8 Å². The molecule has 0 heterocycles. The molecule has 2 aromatic carbocycles. The van der Waals surface area contributed by atoms with Crippen LogP contribution in [0.15, 0.2) is 42.5 Å². The standard InChI is InChI=1S/C21H26N2O5/c1-5-28-21(25)15-6-9-17(10-7-15)22-20(24)14-23(2)13-16-8-11-18(26-3)12-19(16)27-4/h6-12H,5,13-14H2,1-4H3,(H,22,24). The van der Waals surface area contributed by atoms with E-state index in [0.29, 0.717) is 35.9 Å². The van der Waals surface area contributed by atoms with Gasteiger partial charge in [-0.2, -0.15) is 0 Å². The Bertz CT molecular complexity index is 805. The van der Waals surface area contributed by atoms with Gasteiger partial charge in [0.25, 0.3) is 0 Å². The molecular weight excluding hydrogens is 360 g/mol. The van der Waals surface area contributed by atoms with E-state index in [1.54, 1.807) is 45.4 Å². The molecular formula is C21H26N2O5. The summed E-state index contributed by atoms with van der Waals surface area (Å²) in [7, 11) is 5.06. The van der Waals surface area contributed by atoms with Crippen molar-refractivity contribution >= 4 is 17.6 Å². The Hall–Kier alpha value is -3.06. The predicted molar refractivity (Wildman–Crippen MR) is 107 cm³/mol. The highest BCUT2D eigenvalue weighted by atomic mass is 16.5. The van der Waals surface area contributed by atoms with Gasteiger partial charge in [0, 0.05) is 23.9 Å². The smallest absolute Gasteiger partial charge is 0.338 e. The fraction of sp³-hybridized carbons (Fsp3) is 0.333. The molecule has 7 heteroatoms. The number of methoxy groups -OCH3 is 2. The number of benzene rings is 2. The van der Waals surface area contributed by atoms with E-state index >= 15 is 0 Å². The highest BCUT2D eigenvalue weighted by molar-refractivity contribution is 5.94. The summed E-state index contributed by atoms with van der Waals surface area (Å²) in [5, 5.41) is 2.82. The number of hydrogen-bond donors (Lipinski definition) is 1. The second-order valence-electron chi connectivity index (χ2n) is 6.20. The number of rotatable bonds is 9. The Morgan fingerprint density at radius 3 is 2.36 bits per heavy atom. The molecule has 0 saturated carbocycles. The SMILES string of the molecule is CCOC(=O)c1ccc(NC(=O)CN(C)Cc2ccc(OC)cc2OC)cc1. The summed E-state index contributed by atoms with van der Waals surface area (Å²) in [6, 6.07) is 12.2. The Labute approximate surface area is 165 Å². The number of carbonyl (C=O) groups excluding carboxylic acids is 2. The number of ether oxygens (including phenoxy) is 3. The largest absolute Gasteiger partial charge is 0.497 e. The molecule has 0 aliphatic carbocycles. The van der Waals surface area contributed by atoms with Crippen LogP contribution in [0.4, 0.5) is 5.69 Å². The summed E-state index contributed by atoms with van der Waals surface area (Å²) >= 11 is 0. The third-order valence-corrected chi connectivity index (χ3v) is 4.03. The zero-order valence-corrected chi connectivity index (χ0v) is 16.7. The highest BCUT2D eigenvalue weighted by Gasteiger charge is 2.12. The van der Waals surface area contributed by atoms with Crippen LogP contribution in [-0.2, 0) is 16.1 Å². The molecule has 0 aliphatic heterocycles. The topological polar surface area (TPSA) is 77.1 Å². The first-order valence-corrected chi connectivity index (χ1v) is 8.93. The molecule has 0 aromatic heterocycles. The predicted octanol–water partition coefficient (Wildman–Crippen LogP) is 2.95.